The summed E-state index contributed by atoms with van der Waals surface area (Å²) < 4.78 is 0. The fourth-order valence-electron chi connectivity index (χ4n) is 1.54. The van der Waals surface area contributed by atoms with Gasteiger partial charge in [0.2, 0.25) is 0 Å². The van der Waals surface area contributed by atoms with Gasteiger partial charge in [0, 0.05) is 11.1 Å². The Morgan fingerprint density at radius 1 is 1.12 bits per heavy atom. The average molecular weight is 230 g/mol. The predicted octanol–water partition coefficient (Wildman–Crippen LogP) is 2.85. The Morgan fingerprint density at radius 2 is 1.88 bits per heavy atom. The fourth-order valence-corrected chi connectivity index (χ4v) is 1.95. The molecule has 16 heavy (non-hydrogen) atoms. The molecular formula is C13H14N2S. The van der Waals surface area contributed by atoms with E-state index >= 15 is 0 Å². The molecular weight excluding hydrogens is 216 g/mol. The molecule has 1 unspecified atom stereocenters. The Kier molecular flexibility index (Phi) is 3.59. The molecule has 0 aliphatic rings. The summed E-state index contributed by atoms with van der Waals surface area (Å²) in [5.74, 6) is 0. The Morgan fingerprint density at radius 3 is 2.44 bits per heavy atom. The second-order valence-electron chi connectivity index (χ2n) is 3.51. The van der Waals surface area contributed by atoms with E-state index in [4.69, 9.17) is 5.73 Å². The topological polar surface area (TPSA) is 38.9 Å². The summed E-state index contributed by atoms with van der Waals surface area (Å²) in [6, 6.07) is 14.0. The number of benzene rings is 1. The molecule has 82 valence electrons. The minimum Gasteiger partial charge on any atom is -0.319 e. The molecule has 0 saturated heterocycles. The molecule has 0 fully saturated rings. The van der Waals surface area contributed by atoms with Crippen LogP contribution in [0.15, 0.2) is 53.6 Å². The number of nitrogens with zero attached hydrogens (tertiary/aromatic N) is 1. The Labute approximate surface area is 99.9 Å². The molecule has 0 bridgehead atoms. The van der Waals surface area contributed by atoms with E-state index in [1.165, 1.54) is 4.90 Å². The van der Waals surface area contributed by atoms with E-state index in [0.717, 1.165) is 11.3 Å². The van der Waals surface area contributed by atoms with Crippen LogP contribution in [0.2, 0.25) is 0 Å². The summed E-state index contributed by atoms with van der Waals surface area (Å²) in [5.41, 5.74) is 8.13. The standard InChI is InChI=1S/C13H14N2S/c1-16-11-7-5-10(6-8-11)13(14)12-4-2-3-9-15-12/h2-9,13H,14H2,1H3. The lowest BCUT2D eigenvalue weighted by atomic mass is 10.0. The first-order valence-corrected chi connectivity index (χ1v) is 6.34. The van der Waals surface area contributed by atoms with Gasteiger partial charge in [-0.15, -0.1) is 11.8 Å². The molecule has 1 aromatic heterocycles. The molecule has 3 heteroatoms. The molecule has 0 spiro atoms. The van der Waals surface area contributed by atoms with Crippen LogP contribution >= 0.6 is 11.8 Å². The zero-order valence-electron chi connectivity index (χ0n) is 9.13. The van der Waals surface area contributed by atoms with Gasteiger partial charge in [-0.05, 0) is 36.1 Å². The molecule has 1 aromatic carbocycles. The lowest BCUT2D eigenvalue weighted by molar-refractivity contribution is 0.827. The number of hydrogen-bond donors (Lipinski definition) is 1. The van der Waals surface area contributed by atoms with Gasteiger partial charge in [0.15, 0.2) is 0 Å². The van der Waals surface area contributed by atoms with E-state index in [0.29, 0.717) is 0 Å². The number of rotatable bonds is 3. The normalized spacial score (nSPS) is 12.4. The van der Waals surface area contributed by atoms with Crippen LogP contribution in [0.1, 0.15) is 17.3 Å². The number of hydrogen-bond acceptors (Lipinski definition) is 3. The first-order chi connectivity index (χ1) is 7.81. The van der Waals surface area contributed by atoms with Crippen LogP contribution in [0, 0.1) is 0 Å². The Hall–Kier alpha value is -1.32. The van der Waals surface area contributed by atoms with Gasteiger partial charge in [-0.2, -0.15) is 0 Å². The highest BCUT2D eigenvalue weighted by Gasteiger charge is 2.08. The van der Waals surface area contributed by atoms with E-state index in [9.17, 15) is 0 Å². The lowest BCUT2D eigenvalue weighted by Crippen LogP contribution is -2.13. The molecule has 2 rings (SSSR count). The van der Waals surface area contributed by atoms with Crippen molar-refractivity contribution in [3.05, 3.63) is 59.9 Å². The van der Waals surface area contributed by atoms with Crippen molar-refractivity contribution in [3.63, 3.8) is 0 Å². The van der Waals surface area contributed by atoms with Crippen LogP contribution in [-0.2, 0) is 0 Å². The largest absolute Gasteiger partial charge is 0.319 e. The summed E-state index contributed by atoms with van der Waals surface area (Å²) in [6.07, 6.45) is 3.83. The van der Waals surface area contributed by atoms with Gasteiger partial charge in [-0.3, -0.25) is 4.98 Å². The second kappa shape index (κ2) is 5.14. The van der Waals surface area contributed by atoms with Crippen molar-refractivity contribution in [2.45, 2.75) is 10.9 Å². The molecule has 2 nitrogen and oxygen atoms in total. The molecule has 1 atom stereocenters. The number of thioether (sulfide) groups is 1. The molecule has 2 N–H and O–H groups in total. The molecule has 2 aromatic rings. The molecule has 0 aliphatic carbocycles. The van der Waals surface area contributed by atoms with Crippen LogP contribution in [0.25, 0.3) is 0 Å². The quantitative estimate of drug-likeness (QED) is 0.824. The molecule has 1 heterocycles. The van der Waals surface area contributed by atoms with E-state index < -0.39 is 0 Å². The minimum absolute atomic E-state index is 0.142. The van der Waals surface area contributed by atoms with Crippen LogP contribution in [-0.4, -0.2) is 11.2 Å². The minimum atomic E-state index is -0.142. The number of pyridine rings is 1. The number of aromatic nitrogens is 1. The highest BCUT2D eigenvalue weighted by molar-refractivity contribution is 7.98. The van der Waals surface area contributed by atoms with Crippen molar-refractivity contribution in [3.8, 4) is 0 Å². The van der Waals surface area contributed by atoms with Gasteiger partial charge in [0.05, 0.1) is 11.7 Å². The summed E-state index contributed by atoms with van der Waals surface area (Å²) in [6.45, 7) is 0. The van der Waals surface area contributed by atoms with Gasteiger partial charge in [0.25, 0.3) is 0 Å². The van der Waals surface area contributed by atoms with Crippen LogP contribution < -0.4 is 5.73 Å². The van der Waals surface area contributed by atoms with Crippen LogP contribution in [0.5, 0.6) is 0 Å². The fraction of sp³-hybridized carbons (Fsp3) is 0.154. The van der Waals surface area contributed by atoms with Crippen molar-refractivity contribution in [1.82, 2.24) is 4.98 Å². The van der Waals surface area contributed by atoms with E-state index in [2.05, 4.69) is 35.5 Å². The third-order valence-corrected chi connectivity index (χ3v) is 3.22. The van der Waals surface area contributed by atoms with Gasteiger partial charge >= 0.3 is 0 Å². The lowest BCUT2D eigenvalue weighted by Gasteiger charge is -2.11. The van der Waals surface area contributed by atoms with Crippen LogP contribution in [0.4, 0.5) is 0 Å². The maximum absolute atomic E-state index is 6.14. The Balaban J connectivity index is 2.24. The van der Waals surface area contributed by atoms with Crippen LogP contribution in [0.3, 0.4) is 0 Å². The van der Waals surface area contributed by atoms with Gasteiger partial charge in [0.1, 0.15) is 0 Å². The highest BCUT2D eigenvalue weighted by atomic mass is 32.2. The Bertz CT molecular complexity index is 439. The smallest absolute Gasteiger partial charge is 0.0726 e. The molecule has 0 aliphatic heterocycles. The summed E-state index contributed by atoms with van der Waals surface area (Å²) in [5, 5.41) is 0. The van der Waals surface area contributed by atoms with Crippen molar-refractivity contribution < 1.29 is 0 Å². The predicted molar refractivity (Wildman–Crippen MR) is 68.5 cm³/mol. The SMILES string of the molecule is CSc1ccc(C(N)c2ccccn2)cc1. The van der Waals surface area contributed by atoms with Crippen molar-refractivity contribution in [2.75, 3.05) is 6.26 Å². The third-order valence-electron chi connectivity index (χ3n) is 2.48. The molecule has 0 radical (unpaired) electrons. The first kappa shape index (κ1) is 11.2. The summed E-state index contributed by atoms with van der Waals surface area (Å²) in [7, 11) is 0. The van der Waals surface area contributed by atoms with Crippen molar-refractivity contribution in [1.29, 1.82) is 0 Å². The van der Waals surface area contributed by atoms with Crippen molar-refractivity contribution in [2.24, 2.45) is 5.73 Å². The summed E-state index contributed by atoms with van der Waals surface area (Å²) in [4.78, 5) is 5.51. The third kappa shape index (κ3) is 2.43. The van der Waals surface area contributed by atoms with Gasteiger partial charge in [-0.1, -0.05) is 18.2 Å². The number of nitrogens with two attached hydrogens (primary N) is 1. The first-order valence-electron chi connectivity index (χ1n) is 5.11. The zero-order valence-corrected chi connectivity index (χ0v) is 9.95. The maximum Gasteiger partial charge on any atom is 0.0726 e. The average Bonchev–Trinajstić information content (AvgIpc) is 2.39. The monoisotopic (exact) mass is 230 g/mol. The zero-order chi connectivity index (χ0) is 11.4. The molecule has 0 amide bonds. The highest BCUT2D eigenvalue weighted by Crippen LogP contribution is 2.21. The van der Waals surface area contributed by atoms with E-state index in [1.807, 2.05) is 18.2 Å². The van der Waals surface area contributed by atoms with Crippen molar-refractivity contribution >= 4 is 11.8 Å². The molecule has 0 saturated carbocycles. The van der Waals surface area contributed by atoms with Gasteiger partial charge < -0.3 is 5.73 Å². The van der Waals surface area contributed by atoms with E-state index in [1.54, 1.807) is 18.0 Å². The maximum atomic E-state index is 6.14. The van der Waals surface area contributed by atoms with E-state index in [-0.39, 0.29) is 6.04 Å². The second-order valence-corrected chi connectivity index (χ2v) is 4.39. The summed E-state index contributed by atoms with van der Waals surface area (Å²) >= 11 is 1.73. The van der Waals surface area contributed by atoms with Gasteiger partial charge in [-0.25, -0.2) is 0 Å².